The Morgan fingerprint density at radius 3 is 3.24 bits per heavy atom. The molecular formula is C13H20N2OS. The fourth-order valence-electron chi connectivity index (χ4n) is 2.22. The topological polar surface area (TPSA) is 41.1 Å². The molecule has 0 saturated carbocycles. The van der Waals surface area contributed by atoms with Crippen molar-refractivity contribution >= 4 is 17.2 Å². The Morgan fingerprint density at radius 2 is 2.59 bits per heavy atom. The maximum absolute atomic E-state index is 11.8. The summed E-state index contributed by atoms with van der Waals surface area (Å²) in [4.78, 5) is 13.0. The quantitative estimate of drug-likeness (QED) is 0.844. The monoisotopic (exact) mass is 252 g/mol. The second-order valence-electron chi connectivity index (χ2n) is 4.70. The first-order valence-corrected chi connectivity index (χ1v) is 7.17. The summed E-state index contributed by atoms with van der Waals surface area (Å²) in [6.07, 6.45) is 2.88. The summed E-state index contributed by atoms with van der Waals surface area (Å²) in [5, 5.41) is 8.43. The van der Waals surface area contributed by atoms with Gasteiger partial charge in [0.15, 0.2) is 0 Å². The van der Waals surface area contributed by atoms with Crippen LogP contribution in [0.1, 0.15) is 37.1 Å². The SMILES string of the molecule is C[C@H](NC(=O)CCC1CCNC1)c1cccs1. The lowest BCUT2D eigenvalue weighted by Crippen LogP contribution is -2.26. The second-order valence-corrected chi connectivity index (χ2v) is 5.68. The molecule has 1 amide bonds. The van der Waals surface area contributed by atoms with E-state index in [4.69, 9.17) is 0 Å². The minimum Gasteiger partial charge on any atom is -0.349 e. The molecule has 4 heteroatoms. The number of thiophene rings is 1. The van der Waals surface area contributed by atoms with E-state index in [9.17, 15) is 4.79 Å². The molecule has 1 aromatic rings. The molecule has 2 rings (SSSR count). The molecule has 2 atom stereocenters. The van der Waals surface area contributed by atoms with E-state index < -0.39 is 0 Å². The van der Waals surface area contributed by atoms with Crippen LogP contribution in [-0.4, -0.2) is 19.0 Å². The Bertz CT molecular complexity index is 344. The molecule has 0 radical (unpaired) electrons. The first-order valence-electron chi connectivity index (χ1n) is 6.29. The predicted octanol–water partition coefficient (Wildman–Crippen LogP) is 2.32. The number of amides is 1. The van der Waals surface area contributed by atoms with Crippen LogP contribution in [0.25, 0.3) is 0 Å². The van der Waals surface area contributed by atoms with Crippen molar-refractivity contribution in [2.45, 2.75) is 32.2 Å². The van der Waals surface area contributed by atoms with Crippen LogP contribution in [0.15, 0.2) is 17.5 Å². The van der Waals surface area contributed by atoms with Crippen molar-refractivity contribution in [3.63, 3.8) is 0 Å². The average molecular weight is 252 g/mol. The maximum atomic E-state index is 11.8. The van der Waals surface area contributed by atoms with Gasteiger partial charge in [0.1, 0.15) is 0 Å². The highest BCUT2D eigenvalue weighted by atomic mass is 32.1. The standard InChI is InChI=1S/C13H20N2OS/c1-10(12-3-2-8-17-12)15-13(16)5-4-11-6-7-14-9-11/h2-3,8,10-11,14H,4-7,9H2,1H3,(H,15,16)/t10-,11?/m0/s1. The van der Waals surface area contributed by atoms with Gasteiger partial charge in [0, 0.05) is 11.3 Å². The van der Waals surface area contributed by atoms with Crippen LogP contribution >= 0.6 is 11.3 Å². The Labute approximate surface area is 107 Å². The second kappa shape index (κ2) is 6.17. The third-order valence-electron chi connectivity index (χ3n) is 3.29. The molecule has 2 heterocycles. The molecule has 1 saturated heterocycles. The van der Waals surface area contributed by atoms with E-state index in [1.807, 2.05) is 18.4 Å². The predicted molar refractivity (Wildman–Crippen MR) is 71.1 cm³/mol. The first kappa shape index (κ1) is 12.6. The van der Waals surface area contributed by atoms with Gasteiger partial charge in [0.2, 0.25) is 5.91 Å². The highest BCUT2D eigenvalue weighted by Crippen LogP contribution is 2.19. The van der Waals surface area contributed by atoms with Gasteiger partial charge in [-0.1, -0.05) is 6.07 Å². The normalized spacial score (nSPS) is 21.4. The lowest BCUT2D eigenvalue weighted by Gasteiger charge is -2.13. The molecular weight excluding hydrogens is 232 g/mol. The van der Waals surface area contributed by atoms with E-state index in [1.54, 1.807) is 11.3 Å². The Balaban J connectivity index is 1.69. The van der Waals surface area contributed by atoms with E-state index >= 15 is 0 Å². The smallest absolute Gasteiger partial charge is 0.220 e. The summed E-state index contributed by atoms with van der Waals surface area (Å²) in [7, 11) is 0. The first-order chi connectivity index (χ1) is 8.25. The van der Waals surface area contributed by atoms with Crippen molar-refractivity contribution in [3.8, 4) is 0 Å². The third-order valence-corrected chi connectivity index (χ3v) is 4.34. The average Bonchev–Trinajstić information content (AvgIpc) is 2.99. The summed E-state index contributed by atoms with van der Waals surface area (Å²) in [6.45, 7) is 4.23. The Hall–Kier alpha value is -0.870. The van der Waals surface area contributed by atoms with Crippen molar-refractivity contribution in [3.05, 3.63) is 22.4 Å². The minimum absolute atomic E-state index is 0.143. The van der Waals surface area contributed by atoms with Gasteiger partial charge >= 0.3 is 0 Å². The van der Waals surface area contributed by atoms with Crippen LogP contribution in [0.2, 0.25) is 0 Å². The van der Waals surface area contributed by atoms with Gasteiger partial charge in [0.05, 0.1) is 6.04 Å². The lowest BCUT2D eigenvalue weighted by atomic mass is 10.0. The fraction of sp³-hybridized carbons (Fsp3) is 0.615. The molecule has 1 aliphatic heterocycles. The van der Waals surface area contributed by atoms with Crippen molar-refractivity contribution in [2.75, 3.05) is 13.1 Å². The van der Waals surface area contributed by atoms with Crippen molar-refractivity contribution in [1.29, 1.82) is 0 Å². The van der Waals surface area contributed by atoms with Gasteiger partial charge < -0.3 is 10.6 Å². The van der Waals surface area contributed by atoms with E-state index in [1.165, 1.54) is 11.3 Å². The molecule has 1 aliphatic rings. The summed E-state index contributed by atoms with van der Waals surface area (Å²) >= 11 is 1.69. The highest BCUT2D eigenvalue weighted by Gasteiger charge is 2.16. The molecule has 2 N–H and O–H groups in total. The molecule has 3 nitrogen and oxygen atoms in total. The number of carbonyl (C=O) groups excluding carboxylic acids is 1. The Morgan fingerprint density at radius 1 is 1.71 bits per heavy atom. The molecule has 1 aromatic heterocycles. The molecule has 17 heavy (non-hydrogen) atoms. The van der Waals surface area contributed by atoms with Gasteiger partial charge in [-0.05, 0) is 50.2 Å². The zero-order valence-electron chi connectivity index (χ0n) is 10.2. The van der Waals surface area contributed by atoms with Gasteiger partial charge in [0.25, 0.3) is 0 Å². The van der Waals surface area contributed by atoms with Crippen LogP contribution in [0.4, 0.5) is 0 Å². The van der Waals surface area contributed by atoms with E-state index in [0.29, 0.717) is 12.3 Å². The van der Waals surface area contributed by atoms with Gasteiger partial charge in [-0.2, -0.15) is 0 Å². The molecule has 0 aliphatic carbocycles. The highest BCUT2D eigenvalue weighted by molar-refractivity contribution is 7.10. The summed E-state index contributed by atoms with van der Waals surface area (Å²) in [5.74, 6) is 0.871. The van der Waals surface area contributed by atoms with Crippen LogP contribution < -0.4 is 10.6 Å². The zero-order chi connectivity index (χ0) is 12.1. The van der Waals surface area contributed by atoms with Gasteiger partial charge in [-0.15, -0.1) is 11.3 Å². The summed E-state index contributed by atoms with van der Waals surface area (Å²) in [6, 6.07) is 4.23. The molecule has 0 spiro atoms. The number of hydrogen-bond donors (Lipinski definition) is 2. The van der Waals surface area contributed by atoms with Crippen LogP contribution in [0, 0.1) is 5.92 Å². The molecule has 94 valence electrons. The summed E-state index contributed by atoms with van der Waals surface area (Å²) in [5.41, 5.74) is 0. The van der Waals surface area contributed by atoms with Gasteiger partial charge in [-0.25, -0.2) is 0 Å². The summed E-state index contributed by atoms with van der Waals surface area (Å²) < 4.78 is 0. The minimum atomic E-state index is 0.143. The largest absolute Gasteiger partial charge is 0.349 e. The molecule has 0 aromatic carbocycles. The third kappa shape index (κ3) is 3.82. The fourth-order valence-corrected chi connectivity index (χ4v) is 2.95. The van der Waals surface area contributed by atoms with E-state index in [0.717, 1.165) is 19.5 Å². The maximum Gasteiger partial charge on any atom is 0.220 e. The zero-order valence-corrected chi connectivity index (χ0v) is 11.1. The van der Waals surface area contributed by atoms with Crippen LogP contribution in [-0.2, 0) is 4.79 Å². The molecule has 1 unspecified atom stereocenters. The number of rotatable bonds is 5. The van der Waals surface area contributed by atoms with Crippen LogP contribution in [0.5, 0.6) is 0 Å². The molecule has 1 fully saturated rings. The van der Waals surface area contributed by atoms with Gasteiger partial charge in [-0.3, -0.25) is 4.79 Å². The lowest BCUT2D eigenvalue weighted by molar-refractivity contribution is -0.122. The van der Waals surface area contributed by atoms with E-state index in [2.05, 4.69) is 16.7 Å². The number of carbonyl (C=O) groups is 1. The number of hydrogen-bond acceptors (Lipinski definition) is 3. The Kier molecular flexibility index (Phi) is 4.57. The van der Waals surface area contributed by atoms with E-state index in [-0.39, 0.29) is 11.9 Å². The van der Waals surface area contributed by atoms with Crippen molar-refractivity contribution in [1.82, 2.24) is 10.6 Å². The molecule has 0 bridgehead atoms. The van der Waals surface area contributed by atoms with Crippen molar-refractivity contribution in [2.24, 2.45) is 5.92 Å². The number of nitrogens with one attached hydrogen (secondary N) is 2. The van der Waals surface area contributed by atoms with Crippen molar-refractivity contribution < 1.29 is 4.79 Å². The van der Waals surface area contributed by atoms with Crippen LogP contribution in [0.3, 0.4) is 0 Å².